The van der Waals surface area contributed by atoms with E-state index in [1.165, 1.54) is 3.57 Å². The Bertz CT molecular complexity index is 554. The number of carbonyl (C=O) groups is 1. The maximum absolute atomic E-state index is 11.9. The van der Waals surface area contributed by atoms with Gasteiger partial charge in [0, 0.05) is 17.2 Å². The topological polar surface area (TPSA) is 29.5 Å². The summed E-state index contributed by atoms with van der Waals surface area (Å²) in [5, 5.41) is 0. The first kappa shape index (κ1) is 14.8. The summed E-state index contributed by atoms with van der Waals surface area (Å²) in [4.78, 5) is 13.5. The molecule has 0 unspecified atom stereocenters. The third-order valence-corrected chi connectivity index (χ3v) is 3.57. The van der Waals surface area contributed by atoms with Gasteiger partial charge in [0.15, 0.2) is 0 Å². The summed E-state index contributed by atoms with van der Waals surface area (Å²) in [6.45, 7) is 0.848. The first-order chi connectivity index (χ1) is 9.65. The van der Waals surface area contributed by atoms with Gasteiger partial charge in [0.2, 0.25) is 0 Å². The predicted octanol–water partition coefficient (Wildman–Crippen LogP) is 4.06. The Morgan fingerprint density at radius 3 is 2.35 bits per heavy atom. The van der Waals surface area contributed by atoms with Gasteiger partial charge < -0.3 is 9.64 Å². The summed E-state index contributed by atoms with van der Waals surface area (Å²) in [6, 6.07) is 17.8. The lowest BCUT2D eigenvalue weighted by atomic mass is 10.2. The number of carbonyl (C=O) groups excluding carboxylic acids is 1. The van der Waals surface area contributed by atoms with Crippen LogP contribution in [0.3, 0.4) is 0 Å². The van der Waals surface area contributed by atoms with E-state index in [0.717, 1.165) is 11.1 Å². The maximum atomic E-state index is 11.9. The minimum absolute atomic E-state index is 0.302. The highest BCUT2D eigenvalue weighted by molar-refractivity contribution is 14.1. The summed E-state index contributed by atoms with van der Waals surface area (Å²) < 4.78 is 6.45. The van der Waals surface area contributed by atoms with Gasteiger partial charge in [0.1, 0.15) is 6.61 Å². The van der Waals surface area contributed by atoms with Gasteiger partial charge in [-0.05, 0) is 45.9 Å². The van der Waals surface area contributed by atoms with E-state index >= 15 is 0 Å². The smallest absolute Gasteiger partial charge is 0.410 e. The summed E-state index contributed by atoms with van der Waals surface area (Å²) in [6.07, 6.45) is -0.313. The van der Waals surface area contributed by atoms with Crippen LogP contribution in [0.25, 0.3) is 0 Å². The number of amides is 1. The van der Waals surface area contributed by atoms with E-state index in [4.69, 9.17) is 4.74 Å². The standard InChI is InChI=1S/C16H16INO2/c1-18(11-13-7-9-15(17)10-8-13)16(19)20-12-14-5-3-2-4-6-14/h2-10H,11-12H2,1H3. The van der Waals surface area contributed by atoms with E-state index in [1.54, 1.807) is 11.9 Å². The molecule has 2 aromatic carbocycles. The Kier molecular flexibility index (Phi) is 5.40. The summed E-state index contributed by atoms with van der Waals surface area (Å²) in [7, 11) is 1.74. The molecule has 0 aromatic heterocycles. The van der Waals surface area contributed by atoms with Gasteiger partial charge in [0.05, 0.1) is 0 Å². The fourth-order valence-electron chi connectivity index (χ4n) is 1.76. The fraction of sp³-hybridized carbons (Fsp3) is 0.188. The van der Waals surface area contributed by atoms with Crippen LogP contribution in [0.5, 0.6) is 0 Å². The summed E-state index contributed by atoms with van der Waals surface area (Å²) in [5.74, 6) is 0. The van der Waals surface area contributed by atoms with Gasteiger partial charge in [-0.1, -0.05) is 42.5 Å². The van der Waals surface area contributed by atoms with Crippen LogP contribution in [0, 0.1) is 3.57 Å². The van der Waals surface area contributed by atoms with Crippen molar-refractivity contribution in [3.8, 4) is 0 Å². The lowest BCUT2D eigenvalue weighted by Gasteiger charge is -2.17. The predicted molar refractivity (Wildman–Crippen MR) is 87.3 cm³/mol. The second-order valence-corrected chi connectivity index (χ2v) is 5.77. The van der Waals surface area contributed by atoms with Crippen LogP contribution in [0.1, 0.15) is 11.1 Å². The van der Waals surface area contributed by atoms with Crippen molar-refractivity contribution in [1.82, 2.24) is 4.90 Å². The molecule has 0 heterocycles. The number of benzene rings is 2. The molecule has 2 rings (SSSR count). The van der Waals surface area contributed by atoms with Crippen LogP contribution in [0.4, 0.5) is 4.79 Å². The molecular formula is C16H16INO2. The average molecular weight is 381 g/mol. The van der Waals surface area contributed by atoms with E-state index < -0.39 is 0 Å². The third kappa shape index (κ3) is 4.52. The van der Waals surface area contributed by atoms with Crippen molar-refractivity contribution in [2.24, 2.45) is 0 Å². The van der Waals surface area contributed by atoms with E-state index in [2.05, 4.69) is 22.6 Å². The molecular weight excluding hydrogens is 365 g/mol. The lowest BCUT2D eigenvalue weighted by molar-refractivity contribution is 0.103. The highest BCUT2D eigenvalue weighted by atomic mass is 127. The number of hydrogen-bond donors (Lipinski definition) is 0. The van der Waals surface area contributed by atoms with Crippen LogP contribution in [0.15, 0.2) is 54.6 Å². The molecule has 0 aliphatic carbocycles. The Morgan fingerprint density at radius 2 is 1.70 bits per heavy atom. The van der Waals surface area contributed by atoms with Crippen molar-refractivity contribution in [1.29, 1.82) is 0 Å². The molecule has 4 heteroatoms. The van der Waals surface area contributed by atoms with E-state index in [-0.39, 0.29) is 6.09 Å². The van der Waals surface area contributed by atoms with Gasteiger partial charge in [0.25, 0.3) is 0 Å². The Morgan fingerprint density at radius 1 is 1.05 bits per heavy atom. The zero-order chi connectivity index (χ0) is 14.4. The molecule has 0 fully saturated rings. The Hall–Kier alpha value is -1.56. The second-order valence-electron chi connectivity index (χ2n) is 4.52. The molecule has 1 amide bonds. The average Bonchev–Trinajstić information content (AvgIpc) is 2.48. The third-order valence-electron chi connectivity index (χ3n) is 2.85. The van der Waals surface area contributed by atoms with E-state index in [9.17, 15) is 4.79 Å². The molecule has 0 aliphatic rings. The monoisotopic (exact) mass is 381 g/mol. The van der Waals surface area contributed by atoms with Gasteiger partial charge in [-0.25, -0.2) is 4.79 Å². The highest BCUT2D eigenvalue weighted by Gasteiger charge is 2.10. The number of halogens is 1. The number of ether oxygens (including phenoxy) is 1. The van der Waals surface area contributed by atoms with E-state index in [1.807, 2.05) is 54.6 Å². The van der Waals surface area contributed by atoms with Crippen molar-refractivity contribution >= 4 is 28.7 Å². The number of nitrogens with zero attached hydrogens (tertiary/aromatic N) is 1. The molecule has 0 spiro atoms. The van der Waals surface area contributed by atoms with Crippen LogP contribution in [0.2, 0.25) is 0 Å². The van der Waals surface area contributed by atoms with Crippen molar-refractivity contribution < 1.29 is 9.53 Å². The molecule has 0 aliphatic heterocycles. The van der Waals surface area contributed by atoms with Crippen molar-refractivity contribution in [3.05, 3.63) is 69.3 Å². The lowest BCUT2D eigenvalue weighted by Crippen LogP contribution is -2.26. The van der Waals surface area contributed by atoms with Gasteiger partial charge in [-0.15, -0.1) is 0 Å². The zero-order valence-corrected chi connectivity index (χ0v) is 13.4. The highest BCUT2D eigenvalue weighted by Crippen LogP contribution is 2.10. The molecule has 2 aromatic rings. The molecule has 3 nitrogen and oxygen atoms in total. The molecule has 0 N–H and O–H groups in total. The molecule has 0 atom stereocenters. The van der Waals surface area contributed by atoms with Crippen molar-refractivity contribution in [2.45, 2.75) is 13.2 Å². The molecule has 0 saturated carbocycles. The van der Waals surface area contributed by atoms with Crippen molar-refractivity contribution in [3.63, 3.8) is 0 Å². The van der Waals surface area contributed by atoms with Gasteiger partial charge in [-0.2, -0.15) is 0 Å². The minimum Gasteiger partial charge on any atom is -0.445 e. The SMILES string of the molecule is CN(Cc1ccc(I)cc1)C(=O)OCc1ccccc1. The molecule has 0 bridgehead atoms. The number of hydrogen-bond acceptors (Lipinski definition) is 2. The quantitative estimate of drug-likeness (QED) is 0.748. The molecule has 104 valence electrons. The van der Waals surface area contributed by atoms with Gasteiger partial charge in [-0.3, -0.25) is 0 Å². The van der Waals surface area contributed by atoms with E-state index in [0.29, 0.717) is 13.2 Å². The molecule has 0 radical (unpaired) electrons. The zero-order valence-electron chi connectivity index (χ0n) is 11.3. The first-order valence-corrected chi connectivity index (χ1v) is 7.39. The Balaban J connectivity index is 1.84. The maximum Gasteiger partial charge on any atom is 0.410 e. The molecule has 0 saturated heterocycles. The minimum atomic E-state index is -0.313. The largest absolute Gasteiger partial charge is 0.445 e. The van der Waals surface area contributed by atoms with Crippen molar-refractivity contribution in [2.75, 3.05) is 7.05 Å². The fourth-order valence-corrected chi connectivity index (χ4v) is 2.12. The second kappa shape index (κ2) is 7.28. The van der Waals surface area contributed by atoms with Gasteiger partial charge >= 0.3 is 6.09 Å². The summed E-state index contributed by atoms with van der Waals surface area (Å²) >= 11 is 2.26. The van der Waals surface area contributed by atoms with Crippen LogP contribution >= 0.6 is 22.6 Å². The van der Waals surface area contributed by atoms with Crippen LogP contribution in [-0.2, 0) is 17.9 Å². The van der Waals surface area contributed by atoms with Crippen LogP contribution < -0.4 is 0 Å². The molecule has 20 heavy (non-hydrogen) atoms. The Labute approximate surface area is 132 Å². The normalized spacial score (nSPS) is 10.1. The van der Waals surface area contributed by atoms with Crippen LogP contribution in [-0.4, -0.2) is 18.0 Å². The first-order valence-electron chi connectivity index (χ1n) is 6.31. The number of rotatable bonds is 4. The summed E-state index contributed by atoms with van der Waals surface area (Å²) in [5.41, 5.74) is 2.08.